The van der Waals surface area contributed by atoms with Gasteiger partial charge in [0.1, 0.15) is 18.0 Å². The summed E-state index contributed by atoms with van der Waals surface area (Å²) in [4.78, 5) is 16.9. The lowest BCUT2D eigenvalue weighted by molar-refractivity contribution is 0.837. The Morgan fingerprint density at radius 3 is 2.59 bits per heavy atom. The Morgan fingerprint density at radius 2 is 1.94 bits per heavy atom. The van der Waals surface area contributed by atoms with E-state index in [1.807, 2.05) is 13.1 Å². The zero-order valence-electron chi connectivity index (χ0n) is 10.0. The van der Waals surface area contributed by atoms with Crippen LogP contribution in [0.2, 0.25) is 0 Å². The third-order valence-corrected chi connectivity index (χ3v) is 2.36. The summed E-state index contributed by atoms with van der Waals surface area (Å²) < 4.78 is 0. The van der Waals surface area contributed by atoms with Crippen molar-refractivity contribution >= 4 is 5.82 Å². The van der Waals surface area contributed by atoms with Crippen LogP contribution in [0.3, 0.4) is 0 Å². The Bertz CT molecular complexity index is 484. The van der Waals surface area contributed by atoms with E-state index in [4.69, 9.17) is 0 Å². The van der Waals surface area contributed by atoms with Crippen LogP contribution in [0.5, 0.6) is 0 Å². The van der Waals surface area contributed by atoms with Crippen molar-refractivity contribution in [1.29, 1.82) is 0 Å². The van der Waals surface area contributed by atoms with Crippen molar-refractivity contribution in [2.45, 2.75) is 19.8 Å². The van der Waals surface area contributed by atoms with Gasteiger partial charge in [0.15, 0.2) is 0 Å². The van der Waals surface area contributed by atoms with Gasteiger partial charge in [-0.25, -0.2) is 19.9 Å². The van der Waals surface area contributed by atoms with Crippen LogP contribution in [0.15, 0.2) is 24.8 Å². The first-order valence-corrected chi connectivity index (χ1v) is 5.64. The van der Waals surface area contributed by atoms with Gasteiger partial charge in [-0.05, 0) is 6.42 Å². The van der Waals surface area contributed by atoms with Crippen molar-refractivity contribution in [3.8, 4) is 11.3 Å². The lowest BCUT2D eigenvalue weighted by atomic mass is 10.2. The van der Waals surface area contributed by atoms with E-state index in [0.29, 0.717) is 0 Å². The van der Waals surface area contributed by atoms with Crippen molar-refractivity contribution in [3.63, 3.8) is 0 Å². The van der Waals surface area contributed by atoms with E-state index in [0.717, 1.165) is 35.7 Å². The monoisotopic (exact) mass is 229 g/mol. The molecule has 0 aliphatic carbocycles. The SMILES string of the molecule is CCCc1nc(NC)cc(-c2cncnc2)n1. The molecule has 0 saturated carbocycles. The van der Waals surface area contributed by atoms with Gasteiger partial charge < -0.3 is 5.32 Å². The quantitative estimate of drug-likeness (QED) is 0.867. The first-order valence-electron chi connectivity index (χ1n) is 5.64. The van der Waals surface area contributed by atoms with Crippen molar-refractivity contribution in [1.82, 2.24) is 19.9 Å². The number of anilines is 1. The van der Waals surface area contributed by atoms with Gasteiger partial charge in [0.05, 0.1) is 5.69 Å². The van der Waals surface area contributed by atoms with Gasteiger partial charge in [0.2, 0.25) is 0 Å². The second-order valence-electron chi connectivity index (χ2n) is 3.68. The van der Waals surface area contributed by atoms with Gasteiger partial charge in [0, 0.05) is 37.5 Å². The van der Waals surface area contributed by atoms with E-state index in [9.17, 15) is 0 Å². The second kappa shape index (κ2) is 5.34. The number of nitrogens with one attached hydrogen (secondary N) is 1. The average molecular weight is 229 g/mol. The predicted octanol–water partition coefficient (Wildman–Crippen LogP) is 1.93. The largest absolute Gasteiger partial charge is 0.373 e. The fourth-order valence-electron chi connectivity index (χ4n) is 1.54. The van der Waals surface area contributed by atoms with Crippen LogP contribution in [-0.4, -0.2) is 27.0 Å². The number of hydrogen-bond donors (Lipinski definition) is 1. The van der Waals surface area contributed by atoms with Crippen molar-refractivity contribution in [2.75, 3.05) is 12.4 Å². The standard InChI is InChI=1S/C12H15N5/c1-3-4-11-16-10(5-12(13-2)17-11)9-6-14-8-15-7-9/h5-8H,3-4H2,1-2H3,(H,13,16,17). The minimum Gasteiger partial charge on any atom is -0.373 e. The van der Waals surface area contributed by atoms with Crippen LogP contribution in [-0.2, 0) is 6.42 Å². The first kappa shape index (κ1) is 11.4. The van der Waals surface area contributed by atoms with Crippen molar-refractivity contribution in [3.05, 3.63) is 30.6 Å². The summed E-state index contributed by atoms with van der Waals surface area (Å²) in [5.41, 5.74) is 1.76. The van der Waals surface area contributed by atoms with E-state index in [2.05, 4.69) is 32.2 Å². The number of aromatic nitrogens is 4. The highest BCUT2D eigenvalue weighted by Gasteiger charge is 2.05. The van der Waals surface area contributed by atoms with E-state index in [1.165, 1.54) is 6.33 Å². The zero-order valence-corrected chi connectivity index (χ0v) is 10.0. The Balaban J connectivity index is 2.43. The average Bonchev–Trinajstić information content (AvgIpc) is 2.40. The van der Waals surface area contributed by atoms with Crippen molar-refractivity contribution in [2.24, 2.45) is 0 Å². The molecule has 2 aromatic rings. The summed E-state index contributed by atoms with van der Waals surface area (Å²) >= 11 is 0. The molecule has 0 spiro atoms. The molecule has 17 heavy (non-hydrogen) atoms. The topological polar surface area (TPSA) is 63.6 Å². The van der Waals surface area contributed by atoms with Crippen LogP contribution in [0.1, 0.15) is 19.2 Å². The highest BCUT2D eigenvalue weighted by molar-refractivity contribution is 5.60. The normalized spacial score (nSPS) is 10.2. The Labute approximate surface area is 100 Å². The molecule has 2 aromatic heterocycles. The third-order valence-electron chi connectivity index (χ3n) is 2.36. The summed E-state index contributed by atoms with van der Waals surface area (Å²) in [7, 11) is 1.85. The summed E-state index contributed by atoms with van der Waals surface area (Å²) in [5.74, 6) is 1.67. The van der Waals surface area contributed by atoms with Crippen LogP contribution in [0.25, 0.3) is 11.3 Å². The second-order valence-corrected chi connectivity index (χ2v) is 3.68. The fraction of sp³-hybridized carbons (Fsp3) is 0.333. The maximum absolute atomic E-state index is 4.51. The molecule has 2 rings (SSSR count). The van der Waals surface area contributed by atoms with Gasteiger partial charge in [-0.15, -0.1) is 0 Å². The molecule has 0 unspecified atom stereocenters. The van der Waals surface area contributed by atoms with Crippen molar-refractivity contribution < 1.29 is 0 Å². The highest BCUT2D eigenvalue weighted by atomic mass is 15.0. The Kier molecular flexibility index (Phi) is 3.59. The molecule has 0 radical (unpaired) electrons. The predicted molar refractivity (Wildman–Crippen MR) is 66.6 cm³/mol. The van der Waals surface area contributed by atoms with E-state index < -0.39 is 0 Å². The highest BCUT2D eigenvalue weighted by Crippen LogP contribution is 2.18. The molecule has 1 N–H and O–H groups in total. The minimum absolute atomic E-state index is 0.822. The summed E-state index contributed by atoms with van der Waals surface area (Å²) in [6.45, 7) is 2.11. The zero-order chi connectivity index (χ0) is 12.1. The van der Waals surface area contributed by atoms with Crippen LogP contribution < -0.4 is 5.32 Å². The van der Waals surface area contributed by atoms with Gasteiger partial charge in [-0.1, -0.05) is 6.92 Å². The fourth-order valence-corrected chi connectivity index (χ4v) is 1.54. The number of hydrogen-bond acceptors (Lipinski definition) is 5. The Morgan fingerprint density at radius 1 is 1.18 bits per heavy atom. The molecule has 0 aliphatic rings. The molecule has 0 saturated heterocycles. The molecule has 0 fully saturated rings. The van der Waals surface area contributed by atoms with Crippen LogP contribution in [0.4, 0.5) is 5.82 Å². The molecule has 2 heterocycles. The summed E-state index contributed by atoms with van der Waals surface area (Å²) in [6, 6.07) is 1.90. The molecule has 0 aromatic carbocycles. The van der Waals surface area contributed by atoms with Gasteiger partial charge >= 0.3 is 0 Å². The Hall–Kier alpha value is -2.04. The number of nitrogens with zero attached hydrogens (tertiary/aromatic N) is 4. The van der Waals surface area contributed by atoms with E-state index in [-0.39, 0.29) is 0 Å². The number of rotatable bonds is 4. The molecule has 0 atom stereocenters. The molecule has 88 valence electrons. The molecule has 5 nitrogen and oxygen atoms in total. The molecular weight excluding hydrogens is 214 g/mol. The molecule has 5 heteroatoms. The molecular formula is C12H15N5. The minimum atomic E-state index is 0.822. The molecule has 0 aliphatic heterocycles. The summed E-state index contributed by atoms with van der Waals surface area (Å²) in [6.07, 6.45) is 6.92. The van der Waals surface area contributed by atoms with E-state index >= 15 is 0 Å². The van der Waals surface area contributed by atoms with E-state index in [1.54, 1.807) is 12.4 Å². The molecule has 0 bridgehead atoms. The summed E-state index contributed by atoms with van der Waals surface area (Å²) in [5, 5.41) is 3.04. The third kappa shape index (κ3) is 2.75. The lowest BCUT2D eigenvalue weighted by Gasteiger charge is -2.06. The number of aryl methyl sites for hydroxylation is 1. The van der Waals surface area contributed by atoms with Crippen LogP contribution >= 0.6 is 0 Å². The maximum atomic E-state index is 4.51. The van der Waals surface area contributed by atoms with Gasteiger partial charge in [-0.3, -0.25) is 0 Å². The molecule has 0 amide bonds. The van der Waals surface area contributed by atoms with Gasteiger partial charge in [-0.2, -0.15) is 0 Å². The maximum Gasteiger partial charge on any atom is 0.131 e. The lowest BCUT2D eigenvalue weighted by Crippen LogP contribution is -2.01. The first-order chi connectivity index (χ1) is 8.33. The van der Waals surface area contributed by atoms with Gasteiger partial charge in [0.25, 0.3) is 0 Å². The smallest absolute Gasteiger partial charge is 0.131 e. The van der Waals surface area contributed by atoms with Crippen LogP contribution in [0, 0.1) is 0 Å².